The Bertz CT molecular complexity index is 770. The first-order valence-corrected chi connectivity index (χ1v) is 10.9. The second kappa shape index (κ2) is 9.53. The van der Waals surface area contributed by atoms with Crippen LogP contribution in [0.2, 0.25) is 0 Å². The summed E-state index contributed by atoms with van der Waals surface area (Å²) in [6.07, 6.45) is 5.29. The molecule has 3 rings (SSSR count). The number of rotatable bonds is 8. The largest absolute Gasteiger partial charge is 0.386 e. The fourth-order valence-electron chi connectivity index (χ4n) is 4.14. The van der Waals surface area contributed by atoms with Crippen molar-refractivity contribution in [1.82, 2.24) is 4.90 Å². The molecule has 0 atom stereocenters. The molecule has 0 aliphatic heterocycles. The van der Waals surface area contributed by atoms with Crippen molar-refractivity contribution in [2.24, 2.45) is 5.41 Å². The van der Waals surface area contributed by atoms with Crippen LogP contribution in [0.25, 0.3) is 0 Å². The van der Waals surface area contributed by atoms with Crippen molar-refractivity contribution in [3.63, 3.8) is 0 Å². The van der Waals surface area contributed by atoms with Crippen molar-refractivity contribution < 1.29 is 0 Å². The molecule has 0 saturated heterocycles. The fourth-order valence-corrected chi connectivity index (χ4v) is 4.14. The Morgan fingerprint density at radius 3 is 2.21 bits per heavy atom. The van der Waals surface area contributed by atoms with Gasteiger partial charge in [-0.05, 0) is 87.0 Å². The third-order valence-corrected chi connectivity index (χ3v) is 6.17. The average molecular weight is 395 g/mol. The van der Waals surface area contributed by atoms with Crippen LogP contribution >= 0.6 is 0 Å². The Hall–Kier alpha value is -2.20. The number of benzene rings is 2. The number of nitrogens with zero attached hydrogens (tertiary/aromatic N) is 1. The molecule has 0 bridgehead atoms. The minimum atomic E-state index is 0.524. The molecule has 4 heteroatoms. The van der Waals surface area contributed by atoms with Gasteiger partial charge in [-0.1, -0.05) is 26.0 Å². The zero-order chi connectivity index (χ0) is 20.9. The van der Waals surface area contributed by atoms with Gasteiger partial charge in [0.25, 0.3) is 0 Å². The van der Waals surface area contributed by atoms with Crippen LogP contribution < -0.4 is 16.0 Å². The van der Waals surface area contributed by atoms with E-state index in [-0.39, 0.29) is 0 Å². The van der Waals surface area contributed by atoms with Gasteiger partial charge in [-0.15, -0.1) is 0 Å². The Labute approximate surface area is 177 Å². The predicted octanol–water partition coefficient (Wildman–Crippen LogP) is 6.13. The van der Waals surface area contributed by atoms with Crippen molar-refractivity contribution in [2.45, 2.75) is 45.4 Å². The summed E-state index contributed by atoms with van der Waals surface area (Å²) in [7, 11) is 6.15. The van der Waals surface area contributed by atoms with E-state index < -0.39 is 0 Å². The molecule has 1 aliphatic rings. The minimum Gasteiger partial charge on any atom is -0.386 e. The molecular weight excluding hydrogens is 356 g/mol. The third-order valence-electron chi connectivity index (χ3n) is 6.17. The molecule has 0 radical (unpaired) electrons. The van der Waals surface area contributed by atoms with E-state index in [0.29, 0.717) is 5.41 Å². The summed E-state index contributed by atoms with van der Waals surface area (Å²) in [5.41, 5.74) is 6.49. The average Bonchev–Trinajstić information content (AvgIpc) is 2.69. The molecule has 2 aromatic rings. The fraction of sp³-hybridized carbons (Fsp3) is 0.520. The van der Waals surface area contributed by atoms with Crippen LogP contribution in [0.5, 0.6) is 0 Å². The second-order valence-electron chi connectivity index (χ2n) is 9.43. The standard InChI is InChI=1S/C25H38N4/c1-25(2)14-12-20(13-15-25)19-6-8-21(9-7-19)28-22-10-11-23(24(18-22)26-3)27-16-17-29(4)5/h6-11,18,20,26-28H,12-17H2,1-5H3. The van der Waals surface area contributed by atoms with Crippen LogP contribution in [0, 0.1) is 5.41 Å². The van der Waals surface area contributed by atoms with Crippen LogP contribution in [-0.4, -0.2) is 39.1 Å². The van der Waals surface area contributed by atoms with Crippen LogP contribution in [0.3, 0.4) is 0 Å². The maximum atomic E-state index is 3.55. The van der Waals surface area contributed by atoms with E-state index in [0.717, 1.165) is 41.8 Å². The SMILES string of the molecule is CNc1cc(Nc2ccc(C3CCC(C)(C)CC3)cc2)ccc1NCCN(C)C. The van der Waals surface area contributed by atoms with Gasteiger partial charge in [-0.3, -0.25) is 0 Å². The van der Waals surface area contributed by atoms with Gasteiger partial charge in [0.1, 0.15) is 0 Å². The molecule has 0 amide bonds. The lowest BCUT2D eigenvalue weighted by Gasteiger charge is -2.34. The van der Waals surface area contributed by atoms with E-state index in [2.05, 4.69) is 91.3 Å². The number of anilines is 4. The van der Waals surface area contributed by atoms with Gasteiger partial charge in [-0.25, -0.2) is 0 Å². The first-order valence-electron chi connectivity index (χ1n) is 10.9. The quantitative estimate of drug-likeness (QED) is 0.504. The zero-order valence-electron chi connectivity index (χ0n) is 18.8. The second-order valence-corrected chi connectivity index (χ2v) is 9.43. The van der Waals surface area contributed by atoms with Crippen molar-refractivity contribution in [3.05, 3.63) is 48.0 Å². The Balaban J connectivity index is 1.61. The molecule has 0 aromatic heterocycles. The van der Waals surface area contributed by atoms with E-state index in [4.69, 9.17) is 0 Å². The van der Waals surface area contributed by atoms with E-state index >= 15 is 0 Å². The number of hydrogen-bond donors (Lipinski definition) is 3. The normalized spacial score (nSPS) is 16.6. The molecule has 1 saturated carbocycles. The van der Waals surface area contributed by atoms with Gasteiger partial charge >= 0.3 is 0 Å². The van der Waals surface area contributed by atoms with Crippen molar-refractivity contribution in [2.75, 3.05) is 50.2 Å². The summed E-state index contributed by atoms with van der Waals surface area (Å²) < 4.78 is 0. The summed E-state index contributed by atoms with van der Waals surface area (Å²) in [4.78, 5) is 2.18. The number of nitrogens with one attached hydrogen (secondary N) is 3. The van der Waals surface area contributed by atoms with Crippen molar-refractivity contribution in [3.8, 4) is 0 Å². The highest BCUT2D eigenvalue weighted by molar-refractivity contribution is 5.75. The van der Waals surface area contributed by atoms with Gasteiger partial charge in [0.15, 0.2) is 0 Å². The van der Waals surface area contributed by atoms with Gasteiger partial charge in [-0.2, -0.15) is 0 Å². The molecule has 29 heavy (non-hydrogen) atoms. The first kappa shape index (κ1) is 21.5. The van der Waals surface area contributed by atoms with Gasteiger partial charge < -0.3 is 20.9 Å². The molecular formula is C25H38N4. The summed E-state index contributed by atoms with van der Waals surface area (Å²) >= 11 is 0. The molecule has 4 nitrogen and oxygen atoms in total. The first-order chi connectivity index (χ1) is 13.9. The molecule has 158 valence electrons. The Morgan fingerprint density at radius 1 is 0.931 bits per heavy atom. The highest BCUT2D eigenvalue weighted by Crippen LogP contribution is 2.42. The molecule has 0 unspecified atom stereocenters. The topological polar surface area (TPSA) is 39.3 Å². The molecule has 1 aliphatic carbocycles. The molecule has 3 N–H and O–H groups in total. The van der Waals surface area contributed by atoms with Gasteiger partial charge in [0, 0.05) is 31.5 Å². The van der Waals surface area contributed by atoms with Gasteiger partial charge in [0.2, 0.25) is 0 Å². The Morgan fingerprint density at radius 2 is 1.59 bits per heavy atom. The Kier molecular flexibility index (Phi) is 7.07. The highest BCUT2D eigenvalue weighted by Gasteiger charge is 2.27. The van der Waals surface area contributed by atoms with E-state index in [1.807, 2.05) is 7.05 Å². The summed E-state index contributed by atoms with van der Waals surface area (Å²) in [5.74, 6) is 0.723. The predicted molar refractivity (Wildman–Crippen MR) is 128 cm³/mol. The van der Waals surface area contributed by atoms with Crippen LogP contribution in [0.1, 0.15) is 51.0 Å². The van der Waals surface area contributed by atoms with Gasteiger partial charge in [0.05, 0.1) is 11.4 Å². The summed E-state index contributed by atoms with van der Waals surface area (Å²) in [5, 5.41) is 10.4. The molecule has 2 aromatic carbocycles. The maximum Gasteiger partial charge on any atom is 0.0594 e. The third kappa shape index (κ3) is 6.14. The summed E-state index contributed by atoms with van der Waals surface area (Å²) in [6, 6.07) is 15.5. The highest BCUT2D eigenvalue weighted by atomic mass is 15.1. The van der Waals surface area contributed by atoms with Crippen molar-refractivity contribution >= 4 is 22.7 Å². The molecule has 1 fully saturated rings. The number of likely N-dealkylation sites (N-methyl/N-ethyl adjacent to an activating group) is 1. The van der Waals surface area contributed by atoms with Crippen LogP contribution in [0.15, 0.2) is 42.5 Å². The number of hydrogen-bond acceptors (Lipinski definition) is 4. The summed E-state index contributed by atoms with van der Waals surface area (Å²) in [6.45, 7) is 6.74. The van der Waals surface area contributed by atoms with Crippen LogP contribution in [0.4, 0.5) is 22.7 Å². The monoisotopic (exact) mass is 394 g/mol. The maximum absolute atomic E-state index is 3.55. The van der Waals surface area contributed by atoms with E-state index in [1.54, 1.807) is 0 Å². The van der Waals surface area contributed by atoms with Crippen LogP contribution in [-0.2, 0) is 0 Å². The zero-order valence-corrected chi connectivity index (χ0v) is 18.8. The lowest BCUT2D eigenvalue weighted by Crippen LogP contribution is -2.21. The van der Waals surface area contributed by atoms with E-state index in [9.17, 15) is 0 Å². The molecule has 0 heterocycles. The van der Waals surface area contributed by atoms with Crippen molar-refractivity contribution in [1.29, 1.82) is 0 Å². The lowest BCUT2D eigenvalue weighted by molar-refractivity contribution is 0.224. The minimum absolute atomic E-state index is 0.524. The van der Waals surface area contributed by atoms with E-state index in [1.165, 1.54) is 31.2 Å². The lowest BCUT2D eigenvalue weighted by atomic mass is 9.71. The smallest absolute Gasteiger partial charge is 0.0594 e. The molecule has 0 spiro atoms.